The van der Waals surface area contributed by atoms with Crippen molar-refractivity contribution in [3.63, 3.8) is 0 Å². The number of benzene rings is 1. The number of rotatable bonds is 1. The van der Waals surface area contributed by atoms with Crippen LogP contribution in [-0.2, 0) is 0 Å². The Bertz CT molecular complexity index is 588. The van der Waals surface area contributed by atoms with E-state index in [0.717, 1.165) is 0 Å². The average molecular weight is 230 g/mol. The summed E-state index contributed by atoms with van der Waals surface area (Å²) in [6, 6.07) is 11.1. The third-order valence-corrected chi connectivity index (χ3v) is 4.21. The molecule has 0 N–H and O–H groups in total. The highest BCUT2D eigenvalue weighted by molar-refractivity contribution is 7.19. The van der Waals surface area contributed by atoms with Gasteiger partial charge in [0.15, 0.2) is 0 Å². The Kier molecular flexibility index (Phi) is 2.11. The Morgan fingerprint density at radius 2 is 1.93 bits per heavy atom. The van der Waals surface area contributed by atoms with Crippen LogP contribution in [0, 0.1) is 6.92 Å². The largest absolute Gasteiger partial charge is 0.152 e. The SMILES string of the molecule is Cc1cc2cc(-c3ccsc3)ccc2s1. The Hall–Kier alpha value is -1.12. The minimum atomic E-state index is 1.32. The average Bonchev–Trinajstić information content (AvgIpc) is 2.82. The molecule has 0 nitrogen and oxygen atoms in total. The first kappa shape index (κ1) is 9.13. The molecule has 0 saturated heterocycles. The number of fused-ring (bicyclic) bond motifs is 1. The molecule has 3 aromatic rings. The fourth-order valence-electron chi connectivity index (χ4n) is 1.78. The molecule has 0 radical (unpaired) electrons. The molecule has 0 fully saturated rings. The quantitative estimate of drug-likeness (QED) is 0.555. The molecule has 0 aliphatic carbocycles. The van der Waals surface area contributed by atoms with Crippen LogP contribution < -0.4 is 0 Å². The first-order chi connectivity index (χ1) is 7.33. The summed E-state index contributed by atoms with van der Waals surface area (Å²) in [5.74, 6) is 0. The summed E-state index contributed by atoms with van der Waals surface area (Å²) in [5.41, 5.74) is 2.65. The highest BCUT2D eigenvalue weighted by Crippen LogP contribution is 2.30. The molecule has 0 unspecified atom stereocenters. The Labute approximate surface area is 96.8 Å². The van der Waals surface area contributed by atoms with Crippen molar-refractivity contribution in [3.05, 3.63) is 46.0 Å². The molecule has 3 rings (SSSR count). The molecule has 0 saturated carbocycles. The minimum absolute atomic E-state index is 1.32. The first-order valence-corrected chi connectivity index (χ1v) is 6.62. The van der Waals surface area contributed by atoms with Crippen molar-refractivity contribution < 1.29 is 0 Å². The van der Waals surface area contributed by atoms with Crippen LogP contribution in [0.25, 0.3) is 21.2 Å². The van der Waals surface area contributed by atoms with Crippen LogP contribution in [0.1, 0.15) is 4.88 Å². The zero-order valence-corrected chi connectivity index (χ0v) is 9.99. The predicted molar refractivity (Wildman–Crippen MR) is 69.9 cm³/mol. The smallest absolute Gasteiger partial charge is 0.0345 e. The number of hydrogen-bond donors (Lipinski definition) is 0. The molecule has 0 aliphatic heterocycles. The van der Waals surface area contributed by atoms with Gasteiger partial charge in [0.2, 0.25) is 0 Å². The van der Waals surface area contributed by atoms with E-state index >= 15 is 0 Å². The van der Waals surface area contributed by atoms with Gasteiger partial charge in [-0.3, -0.25) is 0 Å². The molecular weight excluding hydrogens is 220 g/mol. The van der Waals surface area contributed by atoms with Crippen molar-refractivity contribution in [1.82, 2.24) is 0 Å². The van der Waals surface area contributed by atoms with Gasteiger partial charge in [-0.1, -0.05) is 6.07 Å². The maximum absolute atomic E-state index is 2.28. The zero-order chi connectivity index (χ0) is 10.3. The fourth-order valence-corrected chi connectivity index (χ4v) is 3.35. The molecular formula is C13H10S2. The fraction of sp³-hybridized carbons (Fsp3) is 0.0769. The summed E-state index contributed by atoms with van der Waals surface area (Å²) < 4.78 is 1.38. The van der Waals surface area contributed by atoms with Gasteiger partial charge in [0, 0.05) is 9.58 Å². The summed E-state index contributed by atoms with van der Waals surface area (Å²) in [7, 11) is 0. The van der Waals surface area contributed by atoms with Gasteiger partial charge < -0.3 is 0 Å². The third-order valence-electron chi connectivity index (χ3n) is 2.49. The topological polar surface area (TPSA) is 0 Å². The lowest BCUT2D eigenvalue weighted by Gasteiger charge is -1.97. The minimum Gasteiger partial charge on any atom is -0.152 e. The molecule has 1 aromatic carbocycles. The first-order valence-electron chi connectivity index (χ1n) is 4.86. The van der Waals surface area contributed by atoms with Gasteiger partial charge in [-0.15, -0.1) is 11.3 Å². The second-order valence-electron chi connectivity index (χ2n) is 3.62. The second-order valence-corrected chi connectivity index (χ2v) is 5.69. The molecule has 15 heavy (non-hydrogen) atoms. The second kappa shape index (κ2) is 3.47. The maximum Gasteiger partial charge on any atom is 0.0345 e. The zero-order valence-electron chi connectivity index (χ0n) is 8.36. The van der Waals surface area contributed by atoms with Crippen LogP contribution in [0.5, 0.6) is 0 Å². The molecule has 0 aliphatic rings. The van der Waals surface area contributed by atoms with Gasteiger partial charge in [-0.2, -0.15) is 11.3 Å². The molecule has 0 spiro atoms. The molecule has 2 aromatic heterocycles. The Morgan fingerprint density at radius 1 is 1.00 bits per heavy atom. The van der Waals surface area contributed by atoms with E-state index in [2.05, 4.69) is 48.0 Å². The summed E-state index contributed by atoms with van der Waals surface area (Å²) in [4.78, 5) is 1.38. The lowest BCUT2D eigenvalue weighted by Crippen LogP contribution is -1.71. The predicted octanol–water partition coefficient (Wildman–Crippen LogP) is 4.94. The van der Waals surface area contributed by atoms with Crippen molar-refractivity contribution in [1.29, 1.82) is 0 Å². The maximum atomic E-state index is 2.28. The van der Waals surface area contributed by atoms with Gasteiger partial charge in [0.25, 0.3) is 0 Å². The van der Waals surface area contributed by atoms with Crippen LogP contribution in [0.4, 0.5) is 0 Å². The lowest BCUT2D eigenvalue weighted by molar-refractivity contribution is 1.65. The van der Waals surface area contributed by atoms with Gasteiger partial charge in [-0.05, 0) is 58.5 Å². The Morgan fingerprint density at radius 3 is 2.73 bits per heavy atom. The lowest BCUT2D eigenvalue weighted by atomic mass is 10.1. The van der Waals surface area contributed by atoms with Gasteiger partial charge in [0.05, 0.1) is 0 Å². The monoisotopic (exact) mass is 230 g/mol. The van der Waals surface area contributed by atoms with Crippen LogP contribution >= 0.6 is 22.7 Å². The van der Waals surface area contributed by atoms with Gasteiger partial charge in [-0.25, -0.2) is 0 Å². The normalized spacial score (nSPS) is 11.0. The van der Waals surface area contributed by atoms with Crippen LogP contribution in [0.3, 0.4) is 0 Å². The van der Waals surface area contributed by atoms with Crippen LogP contribution in [0.15, 0.2) is 41.1 Å². The van der Waals surface area contributed by atoms with Crippen LogP contribution in [0.2, 0.25) is 0 Å². The standard InChI is InChI=1S/C13H10S2/c1-9-6-12-7-10(2-3-13(12)15-9)11-4-5-14-8-11/h2-8H,1H3. The number of thiophene rings is 2. The molecule has 0 amide bonds. The van der Waals surface area contributed by atoms with E-state index in [-0.39, 0.29) is 0 Å². The van der Waals surface area contributed by atoms with E-state index in [1.807, 2.05) is 11.3 Å². The number of aryl methyl sites for hydroxylation is 1. The Balaban J connectivity index is 2.21. The highest BCUT2D eigenvalue weighted by atomic mass is 32.1. The van der Waals surface area contributed by atoms with E-state index < -0.39 is 0 Å². The summed E-state index contributed by atoms with van der Waals surface area (Å²) >= 11 is 3.61. The summed E-state index contributed by atoms with van der Waals surface area (Å²) in [6.45, 7) is 2.16. The van der Waals surface area contributed by atoms with Gasteiger partial charge in [0.1, 0.15) is 0 Å². The molecule has 0 bridgehead atoms. The van der Waals surface area contributed by atoms with Crippen molar-refractivity contribution in [3.8, 4) is 11.1 Å². The molecule has 2 heterocycles. The van der Waals surface area contributed by atoms with Crippen molar-refractivity contribution in [2.24, 2.45) is 0 Å². The van der Waals surface area contributed by atoms with Crippen molar-refractivity contribution >= 4 is 32.8 Å². The highest BCUT2D eigenvalue weighted by Gasteiger charge is 2.02. The number of hydrogen-bond acceptors (Lipinski definition) is 2. The van der Waals surface area contributed by atoms with E-state index in [4.69, 9.17) is 0 Å². The summed E-state index contributed by atoms with van der Waals surface area (Å²) in [6.07, 6.45) is 0. The van der Waals surface area contributed by atoms with Crippen molar-refractivity contribution in [2.45, 2.75) is 6.92 Å². The summed E-state index contributed by atoms with van der Waals surface area (Å²) in [5, 5.41) is 5.68. The van der Waals surface area contributed by atoms with E-state index in [1.54, 1.807) is 11.3 Å². The molecule has 74 valence electrons. The molecule has 0 atom stereocenters. The van der Waals surface area contributed by atoms with Crippen molar-refractivity contribution in [2.75, 3.05) is 0 Å². The van der Waals surface area contributed by atoms with E-state index in [0.29, 0.717) is 0 Å². The van der Waals surface area contributed by atoms with E-state index in [1.165, 1.54) is 26.1 Å². The van der Waals surface area contributed by atoms with Crippen LogP contribution in [-0.4, -0.2) is 0 Å². The molecule has 2 heteroatoms. The third kappa shape index (κ3) is 1.60. The van der Waals surface area contributed by atoms with E-state index in [9.17, 15) is 0 Å². The van der Waals surface area contributed by atoms with Gasteiger partial charge >= 0.3 is 0 Å².